The number of hydrogen-bond donors (Lipinski definition) is 0. The number of carbonyl (C=O) groups is 1. The second-order valence-corrected chi connectivity index (χ2v) is 6.34. The van der Waals surface area contributed by atoms with Crippen LogP contribution in [0.5, 0.6) is 0 Å². The van der Waals surface area contributed by atoms with Crippen LogP contribution in [-0.4, -0.2) is 25.8 Å². The normalized spacial score (nSPS) is 14.0. The minimum absolute atomic E-state index is 0.0370. The van der Waals surface area contributed by atoms with E-state index in [1.54, 1.807) is 0 Å². The summed E-state index contributed by atoms with van der Waals surface area (Å²) in [5.41, 5.74) is 2.10. The standard InChI is InChI=1S/C15H20O.C6H14O2.C2H4/c16-12-15-9-5-4-8-14(15)11-10-13-6-2-1-3-7-13;1-4-7-6(3)8-5-2;1-2/h4-5,8-9,12-13H,1-3,6-7,10-11H2;6H,4-5H2,1-3H3;1-2H2. The molecule has 148 valence electrons. The maximum atomic E-state index is 10.9. The lowest BCUT2D eigenvalue weighted by molar-refractivity contribution is -0.123. The first-order chi connectivity index (χ1) is 12.7. The van der Waals surface area contributed by atoms with Crippen LogP contribution in [0.4, 0.5) is 0 Å². The minimum atomic E-state index is -0.0370. The Labute approximate surface area is 160 Å². The molecule has 0 bridgehead atoms. The summed E-state index contributed by atoms with van der Waals surface area (Å²) in [6, 6.07) is 7.98. The molecule has 1 saturated carbocycles. The van der Waals surface area contributed by atoms with Gasteiger partial charge in [-0.1, -0.05) is 56.4 Å². The first-order valence-corrected chi connectivity index (χ1v) is 9.97. The highest BCUT2D eigenvalue weighted by Gasteiger charge is 2.13. The van der Waals surface area contributed by atoms with Gasteiger partial charge in [0.2, 0.25) is 0 Å². The molecule has 0 spiro atoms. The SMILES string of the molecule is C=C.CCOC(C)OCC.O=Cc1ccccc1CCC1CCCCC1. The molecule has 0 radical (unpaired) electrons. The summed E-state index contributed by atoms with van der Waals surface area (Å²) in [6.07, 6.45) is 10.3. The van der Waals surface area contributed by atoms with Crippen molar-refractivity contribution in [3.05, 3.63) is 48.6 Å². The second-order valence-electron chi connectivity index (χ2n) is 6.34. The molecule has 0 amide bonds. The van der Waals surface area contributed by atoms with E-state index in [-0.39, 0.29) is 6.29 Å². The lowest BCUT2D eigenvalue weighted by Crippen LogP contribution is -2.11. The number of ether oxygens (including phenoxy) is 2. The van der Waals surface area contributed by atoms with E-state index < -0.39 is 0 Å². The molecule has 1 aromatic rings. The second kappa shape index (κ2) is 17.0. The van der Waals surface area contributed by atoms with Gasteiger partial charge in [0.25, 0.3) is 0 Å². The van der Waals surface area contributed by atoms with Crippen LogP contribution in [0.25, 0.3) is 0 Å². The summed E-state index contributed by atoms with van der Waals surface area (Å²) < 4.78 is 10.1. The number of benzene rings is 1. The van der Waals surface area contributed by atoms with Crippen LogP contribution in [-0.2, 0) is 15.9 Å². The van der Waals surface area contributed by atoms with Gasteiger partial charge in [-0.25, -0.2) is 0 Å². The third-order valence-corrected chi connectivity index (χ3v) is 4.53. The molecular weight excluding hydrogens is 324 g/mol. The van der Waals surface area contributed by atoms with E-state index in [1.807, 2.05) is 39.0 Å². The molecule has 26 heavy (non-hydrogen) atoms. The fourth-order valence-corrected chi connectivity index (χ4v) is 3.23. The van der Waals surface area contributed by atoms with E-state index >= 15 is 0 Å². The van der Waals surface area contributed by atoms with E-state index in [1.165, 1.54) is 44.1 Å². The van der Waals surface area contributed by atoms with E-state index in [4.69, 9.17) is 9.47 Å². The predicted molar refractivity (Wildman–Crippen MR) is 111 cm³/mol. The van der Waals surface area contributed by atoms with E-state index in [0.29, 0.717) is 0 Å². The largest absolute Gasteiger partial charge is 0.353 e. The summed E-state index contributed by atoms with van der Waals surface area (Å²) in [6.45, 7) is 13.3. The fraction of sp³-hybridized carbons (Fsp3) is 0.609. The maximum absolute atomic E-state index is 10.9. The van der Waals surface area contributed by atoms with Gasteiger partial charge in [0, 0.05) is 18.8 Å². The van der Waals surface area contributed by atoms with Crippen molar-refractivity contribution < 1.29 is 14.3 Å². The molecule has 0 N–H and O–H groups in total. The van der Waals surface area contributed by atoms with Crippen LogP contribution in [0.2, 0.25) is 0 Å². The zero-order valence-corrected chi connectivity index (χ0v) is 17.0. The highest BCUT2D eigenvalue weighted by Crippen LogP contribution is 2.27. The average Bonchev–Trinajstić information content (AvgIpc) is 2.70. The molecule has 0 aliphatic heterocycles. The van der Waals surface area contributed by atoms with Crippen molar-refractivity contribution in [1.82, 2.24) is 0 Å². The summed E-state index contributed by atoms with van der Waals surface area (Å²) in [5.74, 6) is 0.897. The van der Waals surface area contributed by atoms with Gasteiger partial charge < -0.3 is 9.47 Å². The van der Waals surface area contributed by atoms with Gasteiger partial charge in [-0.15, -0.1) is 13.2 Å². The van der Waals surface area contributed by atoms with Gasteiger partial charge in [0.15, 0.2) is 6.29 Å². The Hall–Kier alpha value is -1.45. The quantitative estimate of drug-likeness (QED) is 0.313. The van der Waals surface area contributed by atoms with Crippen molar-refractivity contribution in [3.8, 4) is 0 Å². The monoisotopic (exact) mass is 362 g/mol. The molecule has 1 fully saturated rings. The van der Waals surface area contributed by atoms with Crippen molar-refractivity contribution in [3.63, 3.8) is 0 Å². The smallest absolute Gasteiger partial charge is 0.154 e. The van der Waals surface area contributed by atoms with Gasteiger partial charge in [0.05, 0.1) is 0 Å². The molecule has 1 aliphatic rings. The molecule has 1 aromatic carbocycles. The number of aldehydes is 1. The molecule has 0 atom stereocenters. The van der Waals surface area contributed by atoms with Gasteiger partial charge in [-0.05, 0) is 45.1 Å². The summed E-state index contributed by atoms with van der Waals surface area (Å²) >= 11 is 0. The first kappa shape index (κ1) is 24.6. The van der Waals surface area contributed by atoms with E-state index in [9.17, 15) is 4.79 Å². The Balaban J connectivity index is 0.000000533. The Bertz CT molecular complexity index is 447. The highest BCUT2D eigenvalue weighted by molar-refractivity contribution is 5.77. The minimum Gasteiger partial charge on any atom is -0.353 e. The van der Waals surface area contributed by atoms with Crippen LogP contribution >= 0.6 is 0 Å². The highest BCUT2D eigenvalue weighted by atomic mass is 16.7. The van der Waals surface area contributed by atoms with Crippen LogP contribution in [0.3, 0.4) is 0 Å². The zero-order chi connectivity index (χ0) is 19.6. The Morgan fingerprint density at radius 1 is 1.08 bits per heavy atom. The van der Waals surface area contributed by atoms with Crippen molar-refractivity contribution >= 4 is 6.29 Å². The molecule has 0 aromatic heterocycles. The van der Waals surface area contributed by atoms with Crippen molar-refractivity contribution in [1.29, 1.82) is 0 Å². The number of carbonyl (C=O) groups excluding carboxylic acids is 1. The molecule has 3 nitrogen and oxygen atoms in total. The molecular formula is C23H38O3. The van der Waals surface area contributed by atoms with E-state index in [0.717, 1.165) is 37.4 Å². The Kier molecular flexibility index (Phi) is 16.0. The molecule has 0 unspecified atom stereocenters. The lowest BCUT2D eigenvalue weighted by Gasteiger charge is -2.21. The predicted octanol–water partition coefficient (Wildman–Crippen LogP) is 6.22. The number of aryl methyl sites for hydroxylation is 1. The Morgan fingerprint density at radius 3 is 2.19 bits per heavy atom. The van der Waals surface area contributed by atoms with Crippen LogP contribution in [0.1, 0.15) is 75.2 Å². The fourth-order valence-electron chi connectivity index (χ4n) is 3.23. The van der Waals surface area contributed by atoms with Crippen LogP contribution in [0.15, 0.2) is 37.4 Å². The average molecular weight is 363 g/mol. The van der Waals surface area contributed by atoms with Gasteiger partial charge in [-0.3, -0.25) is 4.79 Å². The molecule has 2 rings (SSSR count). The van der Waals surface area contributed by atoms with Gasteiger partial charge in [0.1, 0.15) is 6.29 Å². The van der Waals surface area contributed by atoms with Crippen molar-refractivity contribution in [2.24, 2.45) is 5.92 Å². The zero-order valence-electron chi connectivity index (χ0n) is 17.0. The maximum Gasteiger partial charge on any atom is 0.154 e. The summed E-state index contributed by atoms with van der Waals surface area (Å²) in [5, 5.41) is 0. The molecule has 0 heterocycles. The topological polar surface area (TPSA) is 35.5 Å². The summed E-state index contributed by atoms with van der Waals surface area (Å²) in [7, 11) is 0. The Morgan fingerprint density at radius 2 is 1.65 bits per heavy atom. The van der Waals surface area contributed by atoms with Gasteiger partial charge in [-0.2, -0.15) is 0 Å². The molecule has 1 aliphatic carbocycles. The number of rotatable bonds is 8. The third-order valence-electron chi connectivity index (χ3n) is 4.53. The number of hydrogen-bond acceptors (Lipinski definition) is 3. The van der Waals surface area contributed by atoms with Crippen molar-refractivity contribution in [2.45, 2.75) is 72.0 Å². The molecule has 3 heteroatoms. The lowest BCUT2D eigenvalue weighted by atomic mass is 9.85. The van der Waals surface area contributed by atoms with E-state index in [2.05, 4.69) is 19.2 Å². The van der Waals surface area contributed by atoms with Gasteiger partial charge >= 0.3 is 0 Å². The van der Waals surface area contributed by atoms with Crippen LogP contribution < -0.4 is 0 Å². The first-order valence-electron chi connectivity index (χ1n) is 9.97. The summed E-state index contributed by atoms with van der Waals surface area (Å²) in [4.78, 5) is 10.9. The molecule has 0 saturated heterocycles. The van der Waals surface area contributed by atoms with Crippen LogP contribution in [0, 0.1) is 5.92 Å². The third kappa shape index (κ3) is 11.2. The van der Waals surface area contributed by atoms with Crippen molar-refractivity contribution in [2.75, 3.05) is 13.2 Å².